The van der Waals surface area contributed by atoms with E-state index in [1.807, 2.05) is 0 Å². The van der Waals surface area contributed by atoms with Gasteiger partial charge in [-0.15, -0.1) is 0 Å². The topological polar surface area (TPSA) is 81.2 Å². The molecule has 1 saturated carbocycles. The maximum Gasteiger partial charge on any atom is 0.274 e. The van der Waals surface area contributed by atoms with Crippen LogP contribution in [-0.2, 0) is 0 Å². The summed E-state index contributed by atoms with van der Waals surface area (Å²) in [4.78, 5) is 12.6. The monoisotopic (exact) mass is 281 g/mol. The summed E-state index contributed by atoms with van der Waals surface area (Å²) in [6, 6.07) is 1.61. The number of nitrogens with zero attached hydrogens (tertiary/aromatic N) is 1. The van der Waals surface area contributed by atoms with Gasteiger partial charge in [0.2, 0.25) is 0 Å². The van der Waals surface area contributed by atoms with Gasteiger partial charge in [0.1, 0.15) is 5.76 Å². The zero-order valence-electron chi connectivity index (χ0n) is 11.1. The largest absolute Gasteiger partial charge is 0.391 e. The van der Waals surface area contributed by atoms with Crippen LogP contribution < -0.4 is 11.1 Å². The molecule has 1 heterocycles. The van der Waals surface area contributed by atoms with E-state index >= 15 is 0 Å². The van der Waals surface area contributed by atoms with E-state index in [2.05, 4.69) is 10.5 Å². The fourth-order valence-electron chi connectivity index (χ4n) is 2.52. The van der Waals surface area contributed by atoms with Gasteiger partial charge in [0, 0.05) is 6.07 Å². The summed E-state index contributed by atoms with van der Waals surface area (Å²) in [5, 5.41) is 6.70. The number of carbonyl (C=O) groups is 1. The van der Waals surface area contributed by atoms with Gasteiger partial charge in [-0.3, -0.25) is 4.79 Å². The highest BCUT2D eigenvalue weighted by Crippen LogP contribution is 2.28. The molecule has 6 heteroatoms. The van der Waals surface area contributed by atoms with Crippen LogP contribution in [-0.4, -0.2) is 21.6 Å². The first-order valence-electron chi connectivity index (χ1n) is 6.59. The van der Waals surface area contributed by atoms with E-state index in [1.165, 1.54) is 0 Å². The van der Waals surface area contributed by atoms with Gasteiger partial charge in [0.15, 0.2) is 5.69 Å². The Kier molecular flexibility index (Phi) is 4.19. The van der Waals surface area contributed by atoms with Crippen LogP contribution in [0.5, 0.6) is 0 Å². The fourth-order valence-corrected chi connectivity index (χ4v) is 2.78. The number of amides is 1. The van der Waals surface area contributed by atoms with Gasteiger partial charge in [-0.2, -0.15) is 0 Å². The first-order valence-corrected chi connectivity index (χ1v) is 7.00. The minimum Gasteiger partial charge on any atom is -0.391 e. The Labute approximate surface area is 117 Å². The second-order valence-electron chi connectivity index (χ2n) is 5.14. The maximum atomic E-state index is 12.2. The Balaban J connectivity index is 2.16. The number of aryl methyl sites for hydroxylation is 1. The van der Waals surface area contributed by atoms with Crippen molar-refractivity contribution in [3.05, 3.63) is 17.5 Å². The van der Waals surface area contributed by atoms with Crippen LogP contribution in [0.2, 0.25) is 0 Å². The summed E-state index contributed by atoms with van der Waals surface area (Å²) in [6.45, 7) is 1.75. The van der Waals surface area contributed by atoms with Crippen LogP contribution in [0.25, 0.3) is 0 Å². The van der Waals surface area contributed by atoms with E-state index in [0.717, 1.165) is 38.5 Å². The van der Waals surface area contributed by atoms with Crippen molar-refractivity contribution in [1.29, 1.82) is 0 Å². The van der Waals surface area contributed by atoms with Crippen molar-refractivity contribution in [2.45, 2.75) is 51.0 Å². The summed E-state index contributed by atoms with van der Waals surface area (Å²) in [7, 11) is 0. The summed E-state index contributed by atoms with van der Waals surface area (Å²) in [5.74, 6) is 0.335. The zero-order chi connectivity index (χ0) is 13.9. The summed E-state index contributed by atoms with van der Waals surface area (Å²) < 4.78 is 4.92. The third-order valence-corrected chi connectivity index (χ3v) is 4.03. The van der Waals surface area contributed by atoms with E-state index in [9.17, 15) is 4.79 Å². The lowest BCUT2D eigenvalue weighted by molar-refractivity contribution is 0.0908. The lowest BCUT2D eigenvalue weighted by atomic mass is 9.90. The highest BCUT2D eigenvalue weighted by Gasteiger charge is 2.36. The van der Waals surface area contributed by atoms with Crippen molar-refractivity contribution in [2.75, 3.05) is 0 Å². The van der Waals surface area contributed by atoms with Crippen molar-refractivity contribution in [1.82, 2.24) is 10.5 Å². The molecule has 0 aromatic carbocycles. The SMILES string of the molecule is Cc1cc(C(=O)NC2(C(N)=S)CCCCCC2)no1. The number of nitrogens with one attached hydrogen (secondary N) is 1. The Morgan fingerprint density at radius 2 is 2.05 bits per heavy atom. The van der Waals surface area contributed by atoms with E-state index in [0.29, 0.717) is 10.7 Å². The molecule has 5 nitrogen and oxygen atoms in total. The third kappa shape index (κ3) is 3.12. The molecular weight excluding hydrogens is 262 g/mol. The second-order valence-corrected chi connectivity index (χ2v) is 5.58. The molecule has 1 aliphatic carbocycles. The van der Waals surface area contributed by atoms with Crippen molar-refractivity contribution < 1.29 is 9.32 Å². The van der Waals surface area contributed by atoms with Crippen LogP contribution in [0.1, 0.15) is 54.8 Å². The van der Waals surface area contributed by atoms with Crippen LogP contribution >= 0.6 is 12.2 Å². The highest BCUT2D eigenvalue weighted by molar-refractivity contribution is 7.80. The van der Waals surface area contributed by atoms with Crippen molar-refractivity contribution in [3.8, 4) is 0 Å². The van der Waals surface area contributed by atoms with E-state index in [-0.39, 0.29) is 11.6 Å². The van der Waals surface area contributed by atoms with Gasteiger partial charge in [-0.25, -0.2) is 0 Å². The molecule has 0 radical (unpaired) electrons. The summed E-state index contributed by atoms with van der Waals surface area (Å²) >= 11 is 5.18. The molecule has 104 valence electrons. The molecule has 1 fully saturated rings. The Bertz CT molecular complexity index is 476. The maximum absolute atomic E-state index is 12.2. The quantitative estimate of drug-likeness (QED) is 0.655. The van der Waals surface area contributed by atoms with E-state index < -0.39 is 5.54 Å². The summed E-state index contributed by atoms with van der Waals surface area (Å²) in [6.07, 6.45) is 5.95. The van der Waals surface area contributed by atoms with Gasteiger partial charge in [0.05, 0.1) is 10.5 Å². The Morgan fingerprint density at radius 3 is 2.53 bits per heavy atom. The first-order chi connectivity index (χ1) is 9.03. The molecular formula is C13H19N3O2S. The number of aromatic nitrogens is 1. The Morgan fingerprint density at radius 1 is 1.42 bits per heavy atom. The van der Waals surface area contributed by atoms with Crippen LogP contribution in [0, 0.1) is 6.92 Å². The number of rotatable bonds is 3. The molecule has 19 heavy (non-hydrogen) atoms. The fraction of sp³-hybridized carbons (Fsp3) is 0.615. The Hall–Kier alpha value is -1.43. The molecule has 3 N–H and O–H groups in total. The number of nitrogens with two attached hydrogens (primary N) is 1. The molecule has 1 amide bonds. The lowest BCUT2D eigenvalue weighted by Gasteiger charge is -2.32. The average molecular weight is 281 g/mol. The molecule has 0 spiro atoms. The van der Waals surface area contributed by atoms with Gasteiger partial charge in [0.25, 0.3) is 5.91 Å². The van der Waals surface area contributed by atoms with Crippen LogP contribution in [0.3, 0.4) is 0 Å². The minimum absolute atomic E-state index is 0.272. The van der Waals surface area contributed by atoms with Crippen molar-refractivity contribution >= 4 is 23.1 Å². The van der Waals surface area contributed by atoms with E-state index in [1.54, 1.807) is 13.0 Å². The molecule has 0 aliphatic heterocycles. The third-order valence-electron chi connectivity index (χ3n) is 3.64. The molecule has 0 atom stereocenters. The second kappa shape index (κ2) is 5.69. The molecule has 0 saturated heterocycles. The molecule has 1 aromatic heterocycles. The van der Waals surface area contributed by atoms with Gasteiger partial charge in [-0.05, 0) is 19.8 Å². The first kappa shape index (κ1) is 14.0. The highest BCUT2D eigenvalue weighted by atomic mass is 32.1. The number of hydrogen-bond acceptors (Lipinski definition) is 4. The molecule has 1 aromatic rings. The molecule has 0 unspecified atom stereocenters. The number of thiocarbonyl (C=S) groups is 1. The normalized spacial score (nSPS) is 18.6. The van der Waals surface area contributed by atoms with Gasteiger partial charge in [-0.1, -0.05) is 43.1 Å². The van der Waals surface area contributed by atoms with Gasteiger partial charge < -0.3 is 15.6 Å². The number of hydrogen-bond donors (Lipinski definition) is 2. The molecule has 0 bridgehead atoms. The lowest BCUT2D eigenvalue weighted by Crippen LogP contribution is -2.56. The van der Waals surface area contributed by atoms with Gasteiger partial charge >= 0.3 is 0 Å². The van der Waals surface area contributed by atoms with Crippen molar-refractivity contribution in [2.24, 2.45) is 5.73 Å². The summed E-state index contributed by atoms with van der Waals surface area (Å²) in [5.41, 5.74) is 5.58. The minimum atomic E-state index is -0.574. The van der Waals surface area contributed by atoms with Crippen LogP contribution in [0.4, 0.5) is 0 Å². The number of carbonyl (C=O) groups excluding carboxylic acids is 1. The average Bonchev–Trinajstić information content (AvgIpc) is 2.65. The predicted molar refractivity (Wildman–Crippen MR) is 75.9 cm³/mol. The smallest absolute Gasteiger partial charge is 0.274 e. The molecule has 1 aliphatic rings. The standard InChI is InChI=1S/C13H19N3O2S/c1-9-8-10(16-18-9)11(17)15-13(12(14)19)6-4-2-3-5-7-13/h8H,2-7H2,1H3,(H2,14,19)(H,15,17). The van der Waals surface area contributed by atoms with E-state index in [4.69, 9.17) is 22.5 Å². The van der Waals surface area contributed by atoms with Crippen molar-refractivity contribution in [3.63, 3.8) is 0 Å². The predicted octanol–water partition coefficient (Wildman–Crippen LogP) is 2.09. The molecule has 2 rings (SSSR count). The van der Waals surface area contributed by atoms with Crippen LogP contribution in [0.15, 0.2) is 10.6 Å². The zero-order valence-corrected chi connectivity index (χ0v) is 11.9.